The van der Waals surface area contributed by atoms with E-state index in [1.165, 1.54) is 38.5 Å². The van der Waals surface area contributed by atoms with E-state index in [4.69, 9.17) is 5.26 Å². The first-order valence-electron chi connectivity index (χ1n) is 6.70. The molecule has 0 spiro atoms. The van der Waals surface area contributed by atoms with Gasteiger partial charge in [-0.3, -0.25) is 0 Å². The van der Waals surface area contributed by atoms with Crippen LogP contribution in [-0.2, 0) is 6.54 Å². The van der Waals surface area contributed by atoms with Crippen molar-refractivity contribution in [2.45, 2.75) is 64.3 Å². The van der Waals surface area contributed by atoms with Crippen LogP contribution in [0.15, 0.2) is 0 Å². The molecule has 1 fully saturated rings. The first-order valence-corrected chi connectivity index (χ1v) is 6.70. The zero-order valence-corrected chi connectivity index (χ0v) is 10.5. The van der Waals surface area contributed by atoms with Crippen molar-refractivity contribution in [2.24, 2.45) is 0 Å². The maximum atomic E-state index is 8.98. The molecule has 0 saturated heterocycles. The van der Waals surface area contributed by atoms with Crippen LogP contribution in [0.3, 0.4) is 0 Å². The fourth-order valence-corrected chi connectivity index (χ4v) is 2.19. The average Bonchev–Trinajstić information content (AvgIpc) is 3.10. The van der Waals surface area contributed by atoms with Crippen LogP contribution in [-0.4, -0.2) is 15.0 Å². The molecule has 1 aliphatic carbocycles. The second kappa shape index (κ2) is 5.81. The molecule has 4 nitrogen and oxygen atoms in total. The predicted octanol–water partition coefficient (Wildman–Crippen LogP) is 3.00. The van der Waals surface area contributed by atoms with E-state index < -0.39 is 0 Å². The van der Waals surface area contributed by atoms with Gasteiger partial charge in [0, 0.05) is 12.5 Å². The Kier molecular flexibility index (Phi) is 4.13. The van der Waals surface area contributed by atoms with Gasteiger partial charge in [0.05, 0.1) is 5.69 Å². The van der Waals surface area contributed by atoms with Crippen LogP contribution >= 0.6 is 0 Å². The van der Waals surface area contributed by atoms with Crippen molar-refractivity contribution >= 4 is 0 Å². The van der Waals surface area contributed by atoms with E-state index in [0.717, 1.165) is 18.7 Å². The Hall–Kier alpha value is -1.37. The lowest BCUT2D eigenvalue weighted by molar-refractivity contribution is 0.507. The number of nitrogens with zero attached hydrogens (tertiary/aromatic N) is 4. The van der Waals surface area contributed by atoms with Crippen molar-refractivity contribution in [3.8, 4) is 6.07 Å². The molecule has 92 valence electrons. The predicted molar refractivity (Wildman–Crippen MR) is 65.5 cm³/mol. The molecule has 1 aliphatic rings. The Balaban J connectivity index is 1.88. The molecule has 1 aromatic heterocycles. The standard InChI is InChI=1S/C13H20N4/c1-2-3-4-5-6-9-17-13(11-7-8-11)12(10-14)15-16-17/h11H,2-9H2,1H3. The van der Waals surface area contributed by atoms with Gasteiger partial charge in [-0.2, -0.15) is 5.26 Å². The maximum absolute atomic E-state index is 8.98. The van der Waals surface area contributed by atoms with Gasteiger partial charge >= 0.3 is 0 Å². The third-order valence-electron chi connectivity index (χ3n) is 3.32. The highest BCUT2D eigenvalue weighted by Crippen LogP contribution is 2.41. The normalized spacial score (nSPS) is 14.8. The van der Waals surface area contributed by atoms with Gasteiger partial charge in [0.2, 0.25) is 0 Å². The van der Waals surface area contributed by atoms with Gasteiger partial charge in [0.25, 0.3) is 0 Å². The average molecular weight is 232 g/mol. The highest BCUT2D eigenvalue weighted by Gasteiger charge is 2.31. The van der Waals surface area contributed by atoms with Crippen molar-refractivity contribution in [1.29, 1.82) is 5.26 Å². The lowest BCUT2D eigenvalue weighted by Crippen LogP contribution is -2.05. The fraction of sp³-hybridized carbons (Fsp3) is 0.769. The molecule has 0 atom stereocenters. The van der Waals surface area contributed by atoms with Crippen LogP contribution in [0.4, 0.5) is 0 Å². The van der Waals surface area contributed by atoms with Gasteiger partial charge < -0.3 is 0 Å². The fourth-order valence-electron chi connectivity index (χ4n) is 2.19. The van der Waals surface area contributed by atoms with E-state index in [9.17, 15) is 0 Å². The molecular formula is C13H20N4. The number of hydrogen-bond acceptors (Lipinski definition) is 3. The Morgan fingerprint density at radius 2 is 2.06 bits per heavy atom. The molecule has 1 aromatic rings. The summed E-state index contributed by atoms with van der Waals surface area (Å²) in [5.74, 6) is 0.551. The summed E-state index contributed by atoms with van der Waals surface area (Å²) in [6, 6.07) is 2.15. The van der Waals surface area contributed by atoms with Gasteiger partial charge in [-0.05, 0) is 19.3 Å². The van der Waals surface area contributed by atoms with Crippen LogP contribution in [0.1, 0.15) is 69.2 Å². The number of aromatic nitrogens is 3. The van der Waals surface area contributed by atoms with Crippen LogP contribution in [0.25, 0.3) is 0 Å². The summed E-state index contributed by atoms with van der Waals surface area (Å²) in [5, 5.41) is 17.1. The molecule has 0 unspecified atom stereocenters. The zero-order chi connectivity index (χ0) is 12.1. The SMILES string of the molecule is CCCCCCCn1nnc(C#N)c1C1CC1. The number of unbranched alkanes of at least 4 members (excludes halogenated alkanes) is 4. The van der Waals surface area contributed by atoms with E-state index in [1.807, 2.05) is 4.68 Å². The Labute approximate surface area is 103 Å². The summed E-state index contributed by atoms with van der Waals surface area (Å²) in [6.45, 7) is 3.14. The van der Waals surface area contributed by atoms with Crippen molar-refractivity contribution in [1.82, 2.24) is 15.0 Å². The van der Waals surface area contributed by atoms with Crippen molar-refractivity contribution in [2.75, 3.05) is 0 Å². The van der Waals surface area contributed by atoms with Gasteiger partial charge in [-0.25, -0.2) is 4.68 Å². The Morgan fingerprint density at radius 3 is 2.71 bits per heavy atom. The van der Waals surface area contributed by atoms with Crippen LogP contribution < -0.4 is 0 Å². The van der Waals surface area contributed by atoms with Crippen LogP contribution in [0.5, 0.6) is 0 Å². The van der Waals surface area contributed by atoms with Crippen molar-refractivity contribution in [3.63, 3.8) is 0 Å². The molecule has 4 heteroatoms. The Bertz CT molecular complexity index is 398. The van der Waals surface area contributed by atoms with E-state index in [2.05, 4.69) is 23.3 Å². The first kappa shape index (κ1) is 12.1. The van der Waals surface area contributed by atoms with E-state index in [-0.39, 0.29) is 0 Å². The summed E-state index contributed by atoms with van der Waals surface area (Å²) >= 11 is 0. The molecule has 0 aliphatic heterocycles. The third kappa shape index (κ3) is 3.06. The molecule has 1 saturated carbocycles. The topological polar surface area (TPSA) is 54.5 Å². The minimum atomic E-state index is 0.543. The molecule has 0 radical (unpaired) electrons. The van der Waals surface area contributed by atoms with Gasteiger partial charge in [-0.1, -0.05) is 37.8 Å². The molecule has 0 aromatic carbocycles. The third-order valence-corrected chi connectivity index (χ3v) is 3.32. The largest absolute Gasteiger partial charge is 0.248 e. The van der Waals surface area contributed by atoms with Crippen LogP contribution in [0, 0.1) is 11.3 Å². The van der Waals surface area contributed by atoms with Gasteiger partial charge in [0.1, 0.15) is 6.07 Å². The molecular weight excluding hydrogens is 212 g/mol. The molecule has 1 heterocycles. The molecule has 17 heavy (non-hydrogen) atoms. The summed E-state index contributed by atoms with van der Waals surface area (Å²) in [6.07, 6.45) is 8.67. The monoisotopic (exact) mass is 232 g/mol. The molecule has 0 N–H and O–H groups in total. The first-order chi connectivity index (χ1) is 8.36. The Morgan fingerprint density at radius 1 is 1.29 bits per heavy atom. The van der Waals surface area contributed by atoms with Gasteiger partial charge in [-0.15, -0.1) is 5.10 Å². The number of rotatable bonds is 7. The number of nitriles is 1. The smallest absolute Gasteiger partial charge is 0.186 e. The minimum Gasteiger partial charge on any atom is -0.248 e. The second-order valence-corrected chi connectivity index (χ2v) is 4.85. The van der Waals surface area contributed by atoms with Crippen molar-refractivity contribution in [3.05, 3.63) is 11.4 Å². The summed E-state index contributed by atoms with van der Waals surface area (Å²) in [5.41, 5.74) is 1.63. The number of hydrogen-bond donors (Lipinski definition) is 0. The quantitative estimate of drug-likeness (QED) is 0.679. The minimum absolute atomic E-state index is 0.543. The van der Waals surface area contributed by atoms with Crippen molar-refractivity contribution < 1.29 is 0 Å². The van der Waals surface area contributed by atoms with E-state index in [1.54, 1.807) is 0 Å². The van der Waals surface area contributed by atoms with Crippen LogP contribution in [0.2, 0.25) is 0 Å². The van der Waals surface area contributed by atoms with E-state index >= 15 is 0 Å². The molecule has 0 bridgehead atoms. The maximum Gasteiger partial charge on any atom is 0.186 e. The highest BCUT2D eigenvalue weighted by atomic mass is 15.4. The lowest BCUT2D eigenvalue weighted by atomic mass is 10.1. The summed E-state index contributed by atoms with van der Waals surface area (Å²) < 4.78 is 1.96. The second-order valence-electron chi connectivity index (χ2n) is 4.85. The van der Waals surface area contributed by atoms with Gasteiger partial charge in [0.15, 0.2) is 5.69 Å². The number of aryl methyl sites for hydroxylation is 1. The lowest BCUT2D eigenvalue weighted by Gasteiger charge is -2.05. The summed E-state index contributed by atoms with van der Waals surface area (Å²) in [4.78, 5) is 0. The summed E-state index contributed by atoms with van der Waals surface area (Å²) in [7, 11) is 0. The molecule has 0 amide bonds. The molecule has 2 rings (SSSR count). The highest BCUT2D eigenvalue weighted by molar-refractivity contribution is 5.30. The zero-order valence-electron chi connectivity index (χ0n) is 10.5. The van der Waals surface area contributed by atoms with E-state index in [0.29, 0.717) is 11.6 Å².